The van der Waals surface area contributed by atoms with Gasteiger partial charge in [0.1, 0.15) is 5.82 Å². The Morgan fingerprint density at radius 2 is 2.00 bits per heavy atom. The summed E-state index contributed by atoms with van der Waals surface area (Å²) in [6, 6.07) is 5.97. The van der Waals surface area contributed by atoms with Crippen LogP contribution in [0.5, 0.6) is 0 Å². The van der Waals surface area contributed by atoms with E-state index in [4.69, 9.17) is 4.74 Å². The lowest BCUT2D eigenvalue weighted by atomic mass is 10.0. The predicted octanol–water partition coefficient (Wildman–Crippen LogP) is 0.735. The summed E-state index contributed by atoms with van der Waals surface area (Å²) in [6.07, 6.45) is 0.518. The van der Waals surface area contributed by atoms with Gasteiger partial charge < -0.3 is 14.7 Å². The van der Waals surface area contributed by atoms with Gasteiger partial charge in [0, 0.05) is 26.2 Å². The van der Waals surface area contributed by atoms with Crippen molar-refractivity contribution in [3.8, 4) is 0 Å². The lowest BCUT2D eigenvalue weighted by Crippen LogP contribution is -2.49. The number of amides is 1. The topological polar surface area (TPSA) is 53.0 Å². The number of hydrogen-bond acceptors (Lipinski definition) is 4. The normalized spacial score (nSPS) is 26.4. The summed E-state index contributed by atoms with van der Waals surface area (Å²) in [5.41, 5.74) is -0.851. The summed E-state index contributed by atoms with van der Waals surface area (Å²) >= 11 is 0. The van der Waals surface area contributed by atoms with Crippen LogP contribution in [0.3, 0.4) is 0 Å². The monoisotopic (exact) mass is 308 g/mol. The Morgan fingerprint density at radius 3 is 2.73 bits per heavy atom. The van der Waals surface area contributed by atoms with Crippen molar-refractivity contribution in [3.05, 3.63) is 35.6 Å². The molecule has 2 heterocycles. The number of aliphatic hydroxyl groups is 1. The number of carbonyl (C=O) groups is 1. The second-order valence-electron chi connectivity index (χ2n) is 6.07. The minimum atomic E-state index is -0.918. The molecule has 2 aliphatic heterocycles. The molecule has 1 aromatic carbocycles. The summed E-state index contributed by atoms with van der Waals surface area (Å²) in [4.78, 5) is 16.1. The van der Waals surface area contributed by atoms with E-state index in [1.165, 1.54) is 12.1 Å². The van der Waals surface area contributed by atoms with E-state index in [1.807, 2.05) is 0 Å². The Labute approximate surface area is 129 Å². The average Bonchev–Trinajstić information content (AvgIpc) is 2.90. The maximum Gasteiger partial charge on any atom is 0.256 e. The molecule has 22 heavy (non-hydrogen) atoms. The Morgan fingerprint density at radius 1 is 1.27 bits per heavy atom. The molecule has 0 saturated carbocycles. The van der Waals surface area contributed by atoms with Gasteiger partial charge in [-0.1, -0.05) is 12.1 Å². The largest absolute Gasteiger partial charge is 0.387 e. The van der Waals surface area contributed by atoms with Crippen molar-refractivity contribution in [3.63, 3.8) is 0 Å². The molecule has 1 aromatic rings. The SMILES string of the molecule is O=C(c1ccccc1F)N1CCC(O)(CN2CCOCC2)C1. The molecule has 6 heteroatoms. The number of carbonyl (C=O) groups excluding carboxylic acids is 1. The van der Waals surface area contributed by atoms with Crippen LogP contribution in [0.1, 0.15) is 16.8 Å². The lowest BCUT2D eigenvalue weighted by molar-refractivity contribution is -0.0257. The van der Waals surface area contributed by atoms with Gasteiger partial charge in [0.15, 0.2) is 0 Å². The number of morpholine rings is 1. The second kappa shape index (κ2) is 6.32. The molecule has 0 bridgehead atoms. The number of β-amino-alcohol motifs (C(OH)–C–C–N with tert-alkyl or cyclic N) is 1. The number of rotatable bonds is 3. The van der Waals surface area contributed by atoms with Gasteiger partial charge in [-0.25, -0.2) is 4.39 Å². The average molecular weight is 308 g/mol. The third-order valence-corrected chi connectivity index (χ3v) is 4.35. The van der Waals surface area contributed by atoms with Crippen LogP contribution >= 0.6 is 0 Å². The highest BCUT2D eigenvalue weighted by Crippen LogP contribution is 2.25. The minimum Gasteiger partial charge on any atom is -0.387 e. The number of hydrogen-bond donors (Lipinski definition) is 1. The van der Waals surface area contributed by atoms with Crippen molar-refractivity contribution in [1.82, 2.24) is 9.80 Å². The molecule has 1 amide bonds. The first kappa shape index (κ1) is 15.4. The van der Waals surface area contributed by atoms with Crippen molar-refractivity contribution < 1.29 is 19.0 Å². The molecule has 0 aromatic heterocycles. The molecule has 2 aliphatic rings. The summed E-state index contributed by atoms with van der Waals surface area (Å²) in [7, 11) is 0. The zero-order chi connectivity index (χ0) is 15.6. The van der Waals surface area contributed by atoms with Crippen LogP contribution in [0, 0.1) is 5.82 Å². The first-order chi connectivity index (χ1) is 10.6. The standard InChI is InChI=1S/C16H21FN2O3/c17-14-4-2-1-3-13(14)15(20)19-6-5-16(21,12-19)11-18-7-9-22-10-8-18/h1-4,21H,5-12H2. The molecule has 1 unspecified atom stereocenters. The van der Waals surface area contributed by atoms with Gasteiger partial charge >= 0.3 is 0 Å². The van der Waals surface area contributed by atoms with Crippen LogP contribution < -0.4 is 0 Å². The molecule has 1 N–H and O–H groups in total. The highest BCUT2D eigenvalue weighted by Gasteiger charge is 2.40. The Bertz CT molecular complexity index is 548. The van der Waals surface area contributed by atoms with E-state index >= 15 is 0 Å². The molecule has 2 saturated heterocycles. The number of ether oxygens (including phenoxy) is 1. The molecule has 0 spiro atoms. The van der Waals surface area contributed by atoms with Gasteiger partial charge in [-0.05, 0) is 18.6 Å². The van der Waals surface area contributed by atoms with E-state index in [9.17, 15) is 14.3 Å². The van der Waals surface area contributed by atoms with Crippen LogP contribution in [0.2, 0.25) is 0 Å². The summed E-state index contributed by atoms with van der Waals surface area (Å²) in [5, 5.41) is 10.7. The Balaban J connectivity index is 1.63. The molecule has 120 valence electrons. The third-order valence-electron chi connectivity index (χ3n) is 4.35. The number of nitrogens with zero attached hydrogens (tertiary/aromatic N) is 2. The van der Waals surface area contributed by atoms with Gasteiger partial charge in [0.25, 0.3) is 5.91 Å². The summed E-state index contributed by atoms with van der Waals surface area (Å²) < 4.78 is 19.0. The van der Waals surface area contributed by atoms with E-state index in [-0.39, 0.29) is 18.0 Å². The first-order valence-electron chi connectivity index (χ1n) is 7.64. The molecule has 0 aliphatic carbocycles. The molecular formula is C16H21FN2O3. The van der Waals surface area contributed by atoms with E-state index < -0.39 is 11.4 Å². The van der Waals surface area contributed by atoms with Gasteiger partial charge in [-0.15, -0.1) is 0 Å². The molecule has 2 fully saturated rings. The Kier molecular flexibility index (Phi) is 4.42. The van der Waals surface area contributed by atoms with Crippen molar-refractivity contribution in [2.24, 2.45) is 0 Å². The number of likely N-dealkylation sites (tertiary alicyclic amines) is 1. The van der Waals surface area contributed by atoms with Crippen molar-refractivity contribution in [2.45, 2.75) is 12.0 Å². The van der Waals surface area contributed by atoms with Crippen molar-refractivity contribution >= 4 is 5.91 Å². The fraction of sp³-hybridized carbons (Fsp3) is 0.562. The molecule has 0 radical (unpaired) electrons. The lowest BCUT2D eigenvalue weighted by Gasteiger charge is -2.33. The first-order valence-corrected chi connectivity index (χ1v) is 7.64. The predicted molar refractivity (Wildman–Crippen MR) is 79.1 cm³/mol. The highest BCUT2D eigenvalue weighted by molar-refractivity contribution is 5.94. The molecule has 1 atom stereocenters. The van der Waals surface area contributed by atoms with Gasteiger partial charge in [0.2, 0.25) is 0 Å². The zero-order valence-electron chi connectivity index (χ0n) is 12.5. The number of halogens is 1. The van der Waals surface area contributed by atoms with E-state index in [2.05, 4.69) is 4.90 Å². The van der Waals surface area contributed by atoms with Crippen molar-refractivity contribution in [1.29, 1.82) is 0 Å². The third kappa shape index (κ3) is 3.29. The van der Waals surface area contributed by atoms with Gasteiger partial charge in [-0.2, -0.15) is 0 Å². The Hall–Kier alpha value is -1.50. The second-order valence-corrected chi connectivity index (χ2v) is 6.07. The van der Waals surface area contributed by atoms with Gasteiger partial charge in [-0.3, -0.25) is 9.69 Å². The van der Waals surface area contributed by atoms with Crippen LogP contribution in [0.4, 0.5) is 4.39 Å². The zero-order valence-corrected chi connectivity index (χ0v) is 12.5. The maximum absolute atomic E-state index is 13.7. The number of benzene rings is 1. The minimum absolute atomic E-state index is 0.0677. The van der Waals surface area contributed by atoms with E-state index in [0.29, 0.717) is 32.7 Å². The van der Waals surface area contributed by atoms with Crippen LogP contribution in [-0.2, 0) is 4.74 Å². The van der Waals surface area contributed by atoms with Crippen LogP contribution in [-0.4, -0.2) is 72.4 Å². The maximum atomic E-state index is 13.7. The quantitative estimate of drug-likeness (QED) is 0.895. The van der Waals surface area contributed by atoms with Crippen LogP contribution in [0.15, 0.2) is 24.3 Å². The van der Waals surface area contributed by atoms with Crippen molar-refractivity contribution in [2.75, 3.05) is 45.9 Å². The smallest absolute Gasteiger partial charge is 0.256 e. The molecule has 5 nitrogen and oxygen atoms in total. The van der Waals surface area contributed by atoms with E-state index in [0.717, 1.165) is 13.1 Å². The summed E-state index contributed by atoms with van der Waals surface area (Å²) in [5.74, 6) is -0.868. The van der Waals surface area contributed by atoms with E-state index in [1.54, 1.807) is 17.0 Å². The molecule has 3 rings (SSSR count). The highest BCUT2D eigenvalue weighted by atomic mass is 19.1. The fourth-order valence-electron chi connectivity index (χ4n) is 3.14. The van der Waals surface area contributed by atoms with Gasteiger partial charge in [0.05, 0.1) is 30.9 Å². The fourth-order valence-corrected chi connectivity index (χ4v) is 3.14. The summed E-state index contributed by atoms with van der Waals surface area (Å²) in [6.45, 7) is 4.16. The van der Waals surface area contributed by atoms with Crippen LogP contribution in [0.25, 0.3) is 0 Å². The molecular weight excluding hydrogens is 287 g/mol.